The van der Waals surface area contributed by atoms with Gasteiger partial charge in [0.15, 0.2) is 0 Å². The zero-order chi connectivity index (χ0) is 14.3. The maximum absolute atomic E-state index is 4.60. The monoisotopic (exact) mass is 328 g/mol. The molecular weight excluding hydrogens is 312 g/mol. The molecular formula is C17H17BrN2. The van der Waals surface area contributed by atoms with E-state index >= 15 is 0 Å². The van der Waals surface area contributed by atoms with E-state index in [2.05, 4.69) is 88.8 Å². The van der Waals surface area contributed by atoms with Gasteiger partial charge in [-0.2, -0.15) is 0 Å². The summed E-state index contributed by atoms with van der Waals surface area (Å²) < 4.78 is 3.27. The van der Waals surface area contributed by atoms with Crippen molar-refractivity contribution < 1.29 is 0 Å². The minimum Gasteiger partial charge on any atom is -0.315 e. The van der Waals surface area contributed by atoms with Gasteiger partial charge in [-0.05, 0) is 36.4 Å². The minimum atomic E-state index is 0.0855. The molecule has 3 heteroatoms. The fourth-order valence-corrected chi connectivity index (χ4v) is 2.69. The van der Waals surface area contributed by atoms with Crippen molar-refractivity contribution in [3.8, 4) is 5.69 Å². The molecule has 3 aromatic rings. The van der Waals surface area contributed by atoms with Gasteiger partial charge in [-0.15, -0.1) is 0 Å². The van der Waals surface area contributed by atoms with Gasteiger partial charge >= 0.3 is 0 Å². The molecule has 0 fully saturated rings. The van der Waals surface area contributed by atoms with Crippen molar-refractivity contribution in [2.75, 3.05) is 0 Å². The van der Waals surface area contributed by atoms with Crippen molar-refractivity contribution in [1.29, 1.82) is 0 Å². The average molecular weight is 329 g/mol. The van der Waals surface area contributed by atoms with E-state index in [1.165, 1.54) is 10.9 Å². The van der Waals surface area contributed by atoms with E-state index in [-0.39, 0.29) is 5.41 Å². The minimum absolute atomic E-state index is 0.0855. The molecule has 2 aromatic heterocycles. The number of benzene rings is 1. The quantitative estimate of drug-likeness (QED) is 0.608. The first-order valence-electron chi connectivity index (χ1n) is 6.69. The maximum Gasteiger partial charge on any atom is 0.0639 e. The Balaban J connectivity index is 2.07. The van der Waals surface area contributed by atoms with Crippen molar-refractivity contribution >= 4 is 26.8 Å². The molecule has 0 N–H and O–H groups in total. The number of fused-ring (bicyclic) bond motifs is 1. The second-order valence-corrected chi connectivity index (χ2v) is 6.96. The number of hydrogen-bond acceptors (Lipinski definition) is 1. The smallest absolute Gasteiger partial charge is 0.0639 e. The predicted octanol–water partition coefficient (Wildman–Crippen LogP) is 5.09. The van der Waals surface area contributed by atoms with Gasteiger partial charge in [-0.1, -0.05) is 36.7 Å². The Labute approximate surface area is 127 Å². The highest BCUT2D eigenvalue weighted by Gasteiger charge is 2.15. The number of nitrogens with zero attached hydrogens (tertiary/aromatic N) is 2. The summed E-state index contributed by atoms with van der Waals surface area (Å²) in [7, 11) is 0. The van der Waals surface area contributed by atoms with E-state index in [0.29, 0.717) is 0 Å². The molecule has 0 spiro atoms. The Kier molecular flexibility index (Phi) is 3.17. The number of halogens is 1. The maximum atomic E-state index is 4.60. The summed E-state index contributed by atoms with van der Waals surface area (Å²) in [5.41, 5.74) is 3.48. The molecule has 102 valence electrons. The van der Waals surface area contributed by atoms with Crippen LogP contribution in [0.1, 0.15) is 26.5 Å². The normalized spacial score (nSPS) is 12.0. The van der Waals surface area contributed by atoms with Gasteiger partial charge in [0, 0.05) is 27.2 Å². The van der Waals surface area contributed by atoms with Gasteiger partial charge in [0.05, 0.1) is 17.4 Å². The Morgan fingerprint density at radius 3 is 2.50 bits per heavy atom. The third kappa shape index (κ3) is 2.38. The first-order chi connectivity index (χ1) is 9.45. The number of pyridine rings is 1. The first-order valence-corrected chi connectivity index (χ1v) is 7.48. The summed E-state index contributed by atoms with van der Waals surface area (Å²) in [6, 6.07) is 12.7. The van der Waals surface area contributed by atoms with Crippen LogP contribution < -0.4 is 0 Å². The number of rotatable bonds is 1. The Morgan fingerprint density at radius 1 is 1.05 bits per heavy atom. The van der Waals surface area contributed by atoms with Gasteiger partial charge in [0.2, 0.25) is 0 Å². The lowest BCUT2D eigenvalue weighted by molar-refractivity contribution is 0.568. The molecule has 0 bridgehead atoms. The molecule has 2 heterocycles. The third-order valence-corrected chi connectivity index (χ3v) is 3.94. The van der Waals surface area contributed by atoms with Crippen molar-refractivity contribution in [2.24, 2.45) is 0 Å². The van der Waals surface area contributed by atoms with Crippen LogP contribution in [-0.2, 0) is 5.41 Å². The van der Waals surface area contributed by atoms with Crippen molar-refractivity contribution in [3.63, 3.8) is 0 Å². The van der Waals surface area contributed by atoms with E-state index < -0.39 is 0 Å². The van der Waals surface area contributed by atoms with Crippen molar-refractivity contribution in [1.82, 2.24) is 9.55 Å². The highest BCUT2D eigenvalue weighted by molar-refractivity contribution is 9.10. The second-order valence-electron chi connectivity index (χ2n) is 6.04. The molecule has 0 saturated carbocycles. The molecule has 0 amide bonds. The molecule has 20 heavy (non-hydrogen) atoms. The lowest BCUT2D eigenvalue weighted by Crippen LogP contribution is -2.13. The Bertz CT molecular complexity index is 749. The molecule has 0 unspecified atom stereocenters. The van der Waals surface area contributed by atoms with Crippen LogP contribution in [0.25, 0.3) is 16.6 Å². The van der Waals surface area contributed by atoms with E-state index in [1.807, 2.05) is 6.20 Å². The van der Waals surface area contributed by atoms with Crippen LogP contribution in [0.4, 0.5) is 0 Å². The lowest BCUT2D eigenvalue weighted by Gasteiger charge is -2.17. The molecule has 0 atom stereocenters. The van der Waals surface area contributed by atoms with Crippen LogP contribution >= 0.6 is 15.9 Å². The lowest BCUT2D eigenvalue weighted by atomic mass is 9.92. The van der Waals surface area contributed by atoms with Crippen LogP contribution in [0, 0.1) is 0 Å². The first kappa shape index (κ1) is 13.4. The standard InChI is InChI=1S/C17H17BrN2/c1-17(2,3)16-7-5-14(11-19-16)20-9-8-12-10-13(18)4-6-15(12)20/h4-11H,1-3H3. The third-order valence-electron chi connectivity index (χ3n) is 3.45. The van der Waals surface area contributed by atoms with E-state index in [4.69, 9.17) is 0 Å². The van der Waals surface area contributed by atoms with Gasteiger partial charge in [0.1, 0.15) is 0 Å². The molecule has 0 aliphatic heterocycles. The summed E-state index contributed by atoms with van der Waals surface area (Å²) in [4.78, 5) is 4.60. The Hall–Kier alpha value is -1.61. The topological polar surface area (TPSA) is 17.8 Å². The molecule has 3 rings (SSSR count). The van der Waals surface area contributed by atoms with Gasteiger partial charge in [-0.25, -0.2) is 0 Å². The summed E-state index contributed by atoms with van der Waals surface area (Å²) in [5.74, 6) is 0. The van der Waals surface area contributed by atoms with Gasteiger partial charge < -0.3 is 4.57 Å². The SMILES string of the molecule is CC(C)(C)c1ccc(-n2ccc3cc(Br)ccc32)cn1. The van der Waals surface area contributed by atoms with Crippen molar-refractivity contribution in [3.05, 3.63) is 59.0 Å². The van der Waals surface area contributed by atoms with Gasteiger partial charge in [-0.3, -0.25) is 4.98 Å². The largest absolute Gasteiger partial charge is 0.315 e. The fraction of sp³-hybridized carbons (Fsp3) is 0.235. The second kappa shape index (κ2) is 4.74. The molecule has 2 nitrogen and oxygen atoms in total. The van der Waals surface area contributed by atoms with Crippen LogP contribution in [0.2, 0.25) is 0 Å². The zero-order valence-electron chi connectivity index (χ0n) is 11.9. The predicted molar refractivity (Wildman–Crippen MR) is 87.5 cm³/mol. The molecule has 0 aliphatic rings. The summed E-state index contributed by atoms with van der Waals surface area (Å²) in [5, 5.41) is 1.22. The summed E-state index contributed by atoms with van der Waals surface area (Å²) in [6.07, 6.45) is 4.03. The van der Waals surface area contributed by atoms with Crippen molar-refractivity contribution in [2.45, 2.75) is 26.2 Å². The highest BCUT2D eigenvalue weighted by Crippen LogP contribution is 2.25. The van der Waals surface area contributed by atoms with Crippen LogP contribution in [0.15, 0.2) is 53.3 Å². The van der Waals surface area contributed by atoms with Crippen LogP contribution in [0.5, 0.6) is 0 Å². The average Bonchev–Trinajstić information content (AvgIpc) is 2.80. The molecule has 0 aliphatic carbocycles. The number of hydrogen-bond donors (Lipinski definition) is 0. The van der Waals surface area contributed by atoms with E-state index in [1.54, 1.807) is 0 Å². The molecule has 0 radical (unpaired) electrons. The summed E-state index contributed by atoms with van der Waals surface area (Å²) in [6.45, 7) is 6.53. The van der Waals surface area contributed by atoms with E-state index in [0.717, 1.165) is 15.9 Å². The molecule has 1 aromatic carbocycles. The van der Waals surface area contributed by atoms with Gasteiger partial charge in [0.25, 0.3) is 0 Å². The van der Waals surface area contributed by atoms with E-state index in [9.17, 15) is 0 Å². The highest BCUT2D eigenvalue weighted by atomic mass is 79.9. The Morgan fingerprint density at radius 2 is 1.85 bits per heavy atom. The number of aromatic nitrogens is 2. The zero-order valence-corrected chi connectivity index (χ0v) is 13.5. The molecule has 0 saturated heterocycles. The fourth-order valence-electron chi connectivity index (χ4n) is 2.31. The van der Waals surface area contributed by atoms with Crippen LogP contribution in [-0.4, -0.2) is 9.55 Å². The van der Waals surface area contributed by atoms with Crippen LogP contribution in [0.3, 0.4) is 0 Å². The summed E-state index contributed by atoms with van der Waals surface area (Å²) >= 11 is 3.51.